The zero-order chi connectivity index (χ0) is 6.91. The van der Waals surface area contributed by atoms with Crippen molar-refractivity contribution in [1.82, 2.24) is 0 Å². The van der Waals surface area contributed by atoms with Crippen molar-refractivity contribution in [3.05, 3.63) is 0 Å². The molecule has 0 saturated carbocycles. The molecule has 1 aliphatic rings. The molecular formula is C7H12O2. The minimum Gasteiger partial charge on any atom is -0.459 e. The van der Waals surface area contributed by atoms with E-state index in [1.807, 2.05) is 13.8 Å². The summed E-state index contributed by atoms with van der Waals surface area (Å²) in [6, 6.07) is 0. The zero-order valence-electron chi connectivity index (χ0n) is 5.94. The van der Waals surface area contributed by atoms with Crippen LogP contribution in [-0.2, 0) is 9.53 Å². The first-order chi connectivity index (χ1) is 4.16. The van der Waals surface area contributed by atoms with Crippen molar-refractivity contribution in [2.75, 3.05) is 0 Å². The minimum atomic E-state index is -0.142. The molecule has 1 fully saturated rings. The normalized spacial score (nSPS) is 34.7. The quantitative estimate of drug-likeness (QED) is 0.500. The number of rotatable bonds is 1. The predicted molar refractivity (Wildman–Crippen MR) is 34.0 cm³/mol. The molecular weight excluding hydrogens is 116 g/mol. The second-order valence-corrected chi connectivity index (χ2v) is 2.78. The Bertz CT molecular complexity index is 131. The molecule has 52 valence electrons. The maximum atomic E-state index is 10.6. The number of esters is 1. The maximum absolute atomic E-state index is 10.6. The average molecular weight is 128 g/mol. The molecule has 1 aliphatic heterocycles. The van der Waals surface area contributed by atoms with Crippen LogP contribution in [0.5, 0.6) is 0 Å². The Morgan fingerprint density at radius 3 is 2.67 bits per heavy atom. The second-order valence-electron chi connectivity index (χ2n) is 2.78. The van der Waals surface area contributed by atoms with Gasteiger partial charge in [0.1, 0.15) is 5.60 Å². The molecule has 0 aromatic heterocycles. The summed E-state index contributed by atoms with van der Waals surface area (Å²) < 4.78 is 5.06. The lowest BCUT2D eigenvalue weighted by Crippen LogP contribution is -2.21. The zero-order valence-corrected chi connectivity index (χ0v) is 5.94. The Hall–Kier alpha value is -0.530. The van der Waals surface area contributed by atoms with Crippen LogP contribution in [0.2, 0.25) is 0 Å². The summed E-state index contributed by atoms with van der Waals surface area (Å²) in [5.74, 6) is -0.0423. The van der Waals surface area contributed by atoms with Gasteiger partial charge in [-0.1, -0.05) is 6.92 Å². The first-order valence-electron chi connectivity index (χ1n) is 3.38. The molecule has 2 heteroatoms. The highest BCUT2D eigenvalue weighted by molar-refractivity contribution is 5.72. The molecule has 1 heterocycles. The summed E-state index contributed by atoms with van der Waals surface area (Å²) >= 11 is 0. The SMILES string of the molecule is CC[C@]1(C)CCC(=O)O1. The van der Waals surface area contributed by atoms with Crippen LogP contribution in [0.15, 0.2) is 0 Å². The van der Waals surface area contributed by atoms with Gasteiger partial charge in [-0.15, -0.1) is 0 Å². The maximum Gasteiger partial charge on any atom is 0.306 e. The van der Waals surface area contributed by atoms with E-state index in [1.165, 1.54) is 0 Å². The van der Waals surface area contributed by atoms with Gasteiger partial charge < -0.3 is 4.74 Å². The van der Waals surface area contributed by atoms with E-state index in [0.29, 0.717) is 6.42 Å². The molecule has 9 heavy (non-hydrogen) atoms. The van der Waals surface area contributed by atoms with E-state index in [9.17, 15) is 4.79 Å². The molecule has 0 unspecified atom stereocenters. The third kappa shape index (κ3) is 1.23. The highest BCUT2D eigenvalue weighted by Gasteiger charge is 2.33. The van der Waals surface area contributed by atoms with E-state index in [2.05, 4.69) is 0 Å². The van der Waals surface area contributed by atoms with Crippen molar-refractivity contribution in [3.63, 3.8) is 0 Å². The molecule has 0 aromatic carbocycles. The van der Waals surface area contributed by atoms with Crippen LogP contribution in [-0.4, -0.2) is 11.6 Å². The summed E-state index contributed by atoms with van der Waals surface area (Å²) in [7, 11) is 0. The largest absolute Gasteiger partial charge is 0.459 e. The Morgan fingerprint density at radius 1 is 1.78 bits per heavy atom. The van der Waals surface area contributed by atoms with Crippen LogP contribution in [0.3, 0.4) is 0 Å². The molecule has 0 aromatic rings. The van der Waals surface area contributed by atoms with Gasteiger partial charge in [0.25, 0.3) is 0 Å². The molecule has 0 amide bonds. The molecule has 1 atom stereocenters. The van der Waals surface area contributed by atoms with Crippen molar-refractivity contribution >= 4 is 5.97 Å². The number of carbonyl (C=O) groups excluding carboxylic acids is 1. The standard InChI is InChI=1S/C7H12O2/c1-3-7(2)5-4-6(8)9-7/h3-5H2,1-2H3/t7-/m1/s1. The van der Waals surface area contributed by atoms with Crippen molar-refractivity contribution in [3.8, 4) is 0 Å². The fourth-order valence-electron chi connectivity index (χ4n) is 0.992. The summed E-state index contributed by atoms with van der Waals surface area (Å²) in [5, 5.41) is 0. The molecule has 1 rings (SSSR count). The Morgan fingerprint density at radius 2 is 2.44 bits per heavy atom. The summed E-state index contributed by atoms with van der Waals surface area (Å²) in [5.41, 5.74) is -0.142. The number of hydrogen-bond donors (Lipinski definition) is 0. The average Bonchev–Trinajstić information content (AvgIpc) is 2.13. The van der Waals surface area contributed by atoms with Gasteiger partial charge in [-0.05, 0) is 19.8 Å². The van der Waals surface area contributed by atoms with Crippen LogP contribution in [0.1, 0.15) is 33.1 Å². The van der Waals surface area contributed by atoms with Gasteiger partial charge in [-0.2, -0.15) is 0 Å². The summed E-state index contributed by atoms with van der Waals surface area (Å²) in [4.78, 5) is 10.6. The highest BCUT2D eigenvalue weighted by Crippen LogP contribution is 2.28. The Balaban J connectivity index is 2.54. The topological polar surface area (TPSA) is 26.3 Å². The van der Waals surface area contributed by atoms with Crippen LogP contribution in [0.25, 0.3) is 0 Å². The molecule has 0 N–H and O–H groups in total. The molecule has 2 nitrogen and oxygen atoms in total. The number of hydrogen-bond acceptors (Lipinski definition) is 2. The third-order valence-corrected chi connectivity index (χ3v) is 1.97. The van der Waals surface area contributed by atoms with Gasteiger partial charge in [-0.3, -0.25) is 4.79 Å². The van der Waals surface area contributed by atoms with Crippen molar-refractivity contribution < 1.29 is 9.53 Å². The summed E-state index contributed by atoms with van der Waals surface area (Å²) in [6.07, 6.45) is 2.42. The molecule has 0 radical (unpaired) electrons. The first-order valence-corrected chi connectivity index (χ1v) is 3.38. The van der Waals surface area contributed by atoms with Crippen LogP contribution >= 0.6 is 0 Å². The van der Waals surface area contributed by atoms with Crippen molar-refractivity contribution in [1.29, 1.82) is 0 Å². The van der Waals surface area contributed by atoms with E-state index in [-0.39, 0.29) is 11.6 Å². The van der Waals surface area contributed by atoms with E-state index >= 15 is 0 Å². The predicted octanol–water partition coefficient (Wildman–Crippen LogP) is 1.49. The third-order valence-electron chi connectivity index (χ3n) is 1.97. The number of carbonyl (C=O) groups is 1. The van der Waals surface area contributed by atoms with Gasteiger partial charge in [-0.25, -0.2) is 0 Å². The summed E-state index contributed by atoms with van der Waals surface area (Å²) in [6.45, 7) is 4.02. The van der Waals surface area contributed by atoms with E-state index in [4.69, 9.17) is 4.74 Å². The molecule has 0 bridgehead atoms. The molecule has 0 aliphatic carbocycles. The van der Waals surface area contributed by atoms with Crippen LogP contribution < -0.4 is 0 Å². The first kappa shape index (κ1) is 6.59. The van der Waals surface area contributed by atoms with Crippen LogP contribution in [0.4, 0.5) is 0 Å². The van der Waals surface area contributed by atoms with Gasteiger partial charge >= 0.3 is 5.97 Å². The lowest BCUT2D eigenvalue weighted by molar-refractivity contribution is -0.147. The monoisotopic (exact) mass is 128 g/mol. The lowest BCUT2D eigenvalue weighted by Gasteiger charge is -2.19. The fourth-order valence-corrected chi connectivity index (χ4v) is 0.992. The highest BCUT2D eigenvalue weighted by atomic mass is 16.6. The fraction of sp³-hybridized carbons (Fsp3) is 0.857. The van der Waals surface area contributed by atoms with Crippen molar-refractivity contribution in [2.24, 2.45) is 0 Å². The smallest absolute Gasteiger partial charge is 0.306 e. The van der Waals surface area contributed by atoms with Gasteiger partial charge in [0, 0.05) is 6.42 Å². The van der Waals surface area contributed by atoms with Gasteiger partial charge in [0.2, 0.25) is 0 Å². The Kier molecular flexibility index (Phi) is 1.47. The Labute approximate surface area is 55.2 Å². The van der Waals surface area contributed by atoms with Gasteiger partial charge in [0.05, 0.1) is 0 Å². The van der Waals surface area contributed by atoms with E-state index in [1.54, 1.807) is 0 Å². The molecule has 1 saturated heterocycles. The molecule has 0 spiro atoms. The lowest BCUT2D eigenvalue weighted by atomic mass is 10.0. The van der Waals surface area contributed by atoms with E-state index < -0.39 is 0 Å². The van der Waals surface area contributed by atoms with E-state index in [0.717, 1.165) is 12.8 Å². The van der Waals surface area contributed by atoms with Gasteiger partial charge in [0.15, 0.2) is 0 Å². The minimum absolute atomic E-state index is 0.0423. The van der Waals surface area contributed by atoms with Crippen molar-refractivity contribution in [2.45, 2.75) is 38.7 Å². The van der Waals surface area contributed by atoms with Crippen LogP contribution in [0, 0.1) is 0 Å². The second kappa shape index (κ2) is 2.01. The number of ether oxygens (including phenoxy) is 1. The number of cyclic esters (lactones) is 1.